The van der Waals surface area contributed by atoms with E-state index in [-0.39, 0.29) is 35.7 Å². The van der Waals surface area contributed by atoms with Gasteiger partial charge in [0, 0.05) is 12.5 Å². The van der Waals surface area contributed by atoms with Gasteiger partial charge in [0.2, 0.25) is 6.29 Å². The Morgan fingerprint density at radius 1 is 0.881 bits per heavy atom. The van der Waals surface area contributed by atoms with Gasteiger partial charge < -0.3 is 45.2 Å². The van der Waals surface area contributed by atoms with Gasteiger partial charge in [-0.1, -0.05) is 35.4 Å². The Balaban J connectivity index is 1.96. The van der Waals surface area contributed by atoms with E-state index >= 15 is 0 Å². The molecule has 2 aromatic rings. The van der Waals surface area contributed by atoms with Gasteiger partial charge >= 0.3 is 5.97 Å². The number of aromatic hydroxyl groups is 2. The number of hydrogen-bond donors (Lipinski definition) is 7. The van der Waals surface area contributed by atoms with Crippen molar-refractivity contribution >= 4 is 11.8 Å². The summed E-state index contributed by atoms with van der Waals surface area (Å²) in [5.41, 5.74) is 3.33. The highest BCUT2D eigenvalue weighted by atomic mass is 16.7. The van der Waals surface area contributed by atoms with Gasteiger partial charge in [-0.25, -0.2) is 4.79 Å². The summed E-state index contributed by atoms with van der Waals surface area (Å²) >= 11 is 0. The molecule has 6 atom stereocenters. The monoisotopic (exact) mass is 586 g/mol. The molecule has 0 saturated carbocycles. The van der Waals surface area contributed by atoms with Crippen LogP contribution in [0.2, 0.25) is 0 Å². The van der Waals surface area contributed by atoms with Gasteiger partial charge in [0.1, 0.15) is 41.7 Å². The Labute approximate surface area is 243 Å². The van der Waals surface area contributed by atoms with Crippen LogP contribution in [0.15, 0.2) is 53.6 Å². The molecule has 1 aliphatic heterocycles. The van der Waals surface area contributed by atoms with Crippen LogP contribution in [0.1, 0.15) is 54.7 Å². The summed E-state index contributed by atoms with van der Waals surface area (Å²) in [5.74, 6) is -2.97. The largest absolute Gasteiger partial charge is 0.508 e. The van der Waals surface area contributed by atoms with E-state index in [0.29, 0.717) is 23.1 Å². The molecule has 0 radical (unpaired) electrons. The number of carbonyl (C=O) groups excluding carboxylic acids is 1. The molecule has 3 rings (SSSR count). The van der Waals surface area contributed by atoms with Crippen LogP contribution in [0.5, 0.6) is 17.2 Å². The second-order valence-corrected chi connectivity index (χ2v) is 10.8. The van der Waals surface area contributed by atoms with E-state index in [1.807, 2.05) is 39.8 Å². The lowest BCUT2D eigenvalue weighted by atomic mass is 9.95. The highest BCUT2D eigenvalue weighted by molar-refractivity contribution is 6.02. The molecule has 228 valence electrons. The van der Waals surface area contributed by atoms with Crippen LogP contribution >= 0.6 is 0 Å². The molecule has 11 nitrogen and oxygen atoms in total. The number of aliphatic carboxylic acids is 1. The maximum absolute atomic E-state index is 13.6. The molecule has 7 N–H and O–H groups in total. The van der Waals surface area contributed by atoms with E-state index < -0.39 is 48.6 Å². The molecule has 1 heterocycles. The molecule has 0 aromatic heterocycles. The molecule has 6 unspecified atom stereocenters. The van der Waals surface area contributed by atoms with Gasteiger partial charge in [-0.3, -0.25) is 4.79 Å². The molecule has 0 spiro atoms. The number of carboxylic acid groups (broad SMARTS) is 1. The highest BCUT2D eigenvalue weighted by Crippen LogP contribution is 2.34. The summed E-state index contributed by atoms with van der Waals surface area (Å²) in [6.07, 6.45) is -6.87. The van der Waals surface area contributed by atoms with Crippen molar-refractivity contribution < 1.29 is 54.8 Å². The third-order valence-corrected chi connectivity index (χ3v) is 6.84. The zero-order valence-electron chi connectivity index (χ0n) is 23.9. The van der Waals surface area contributed by atoms with Crippen molar-refractivity contribution in [3.63, 3.8) is 0 Å². The fraction of sp³-hybridized carbons (Fsp3) is 0.419. The number of ether oxygens (including phenoxy) is 2. The van der Waals surface area contributed by atoms with Gasteiger partial charge in [-0.15, -0.1) is 0 Å². The quantitative estimate of drug-likeness (QED) is 0.151. The number of phenols is 2. The number of hydrogen-bond acceptors (Lipinski definition) is 10. The molecule has 0 bridgehead atoms. The number of aliphatic hydroxyl groups is 4. The Bertz CT molecular complexity index is 1350. The summed E-state index contributed by atoms with van der Waals surface area (Å²) in [5, 5.41) is 71.8. The van der Waals surface area contributed by atoms with Gasteiger partial charge in [0.25, 0.3) is 0 Å². The fourth-order valence-corrected chi connectivity index (χ4v) is 4.39. The molecule has 1 saturated heterocycles. The Kier molecular flexibility index (Phi) is 10.9. The first kappa shape index (κ1) is 32.8. The number of carboxylic acids is 1. The lowest BCUT2D eigenvalue weighted by Crippen LogP contribution is -2.61. The smallest absolute Gasteiger partial charge is 0.335 e. The second-order valence-electron chi connectivity index (χ2n) is 10.8. The van der Waals surface area contributed by atoms with E-state index in [0.717, 1.165) is 17.2 Å². The fourth-order valence-electron chi connectivity index (χ4n) is 4.39. The van der Waals surface area contributed by atoms with E-state index in [1.165, 1.54) is 12.1 Å². The van der Waals surface area contributed by atoms with Crippen LogP contribution in [-0.2, 0) is 28.8 Å². The number of Topliss-reactive ketones (excluding diaryl/α,β-unsaturated/α-hetero) is 1. The van der Waals surface area contributed by atoms with Crippen LogP contribution in [-0.4, -0.2) is 84.3 Å². The SMILES string of the molecule is CC(C)=CCc1cc(CC(O)C(=O)c2cc(CC=C(C)C)c(O)cc2OC2OC(C(=O)O)C(O)C(O)C2O)ccc1O. The van der Waals surface area contributed by atoms with Gasteiger partial charge in [-0.05, 0) is 69.4 Å². The first-order chi connectivity index (χ1) is 19.7. The normalized spacial score (nSPS) is 22.6. The first-order valence-corrected chi connectivity index (χ1v) is 13.4. The Morgan fingerprint density at radius 2 is 1.48 bits per heavy atom. The van der Waals surface area contributed by atoms with Gasteiger partial charge in [0.15, 0.2) is 11.9 Å². The zero-order valence-corrected chi connectivity index (χ0v) is 23.9. The molecule has 0 aliphatic carbocycles. The molecule has 1 aliphatic rings. The van der Waals surface area contributed by atoms with Crippen molar-refractivity contribution in [3.05, 3.63) is 75.9 Å². The van der Waals surface area contributed by atoms with Crippen LogP contribution in [0.4, 0.5) is 0 Å². The predicted octanol–water partition coefficient (Wildman–Crippen LogP) is 2.17. The zero-order chi connectivity index (χ0) is 31.3. The number of benzene rings is 2. The molecular weight excluding hydrogens is 548 g/mol. The van der Waals surface area contributed by atoms with Crippen molar-refractivity contribution in [2.75, 3.05) is 0 Å². The number of phenolic OH excluding ortho intramolecular Hbond substituents is 2. The maximum atomic E-state index is 13.6. The Morgan fingerprint density at radius 3 is 2.05 bits per heavy atom. The van der Waals surface area contributed by atoms with Crippen LogP contribution in [0, 0.1) is 0 Å². The molecule has 11 heteroatoms. The van der Waals surface area contributed by atoms with E-state index in [1.54, 1.807) is 12.1 Å². The predicted molar refractivity (Wildman–Crippen MR) is 151 cm³/mol. The molecule has 0 amide bonds. The standard InChI is InChI=1S/C31H38O11/c1-15(2)5-8-18-11-17(7-10-21(18)32)12-23(34)25(35)20-13-19(9-6-16(3)4)22(33)14-24(20)41-31-28(38)26(36)27(37)29(42-31)30(39)40/h5-7,10-11,13-14,23,26-29,31-34,36-38H,8-9,12H2,1-4H3,(H,39,40). The number of carbonyl (C=O) groups is 2. The summed E-state index contributed by atoms with van der Waals surface area (Å²) in [6, 6.07) is 7.15. The summed E-state index contributed by atoms with van der Waals surface area (Å²) in [6.45, 7) is 7.56. The van der Waals surface area contributed by atoms with Crippen molar-refractivity contribution in [2.45, 2.75) is 83.8 Å². The molecule has 2 aromatic carbocycles. The van der Waals surface area contributed by atoms with E-state index in [9.17, 15) is 45.3 Å². The summed E-state index contributed by atoms with van der Waals surface area (Å²) in [7, 11) is 0. The van der Waals surface area contributed by atoms with Crippen LogP contribution in [0.25, 0.3) is 0 Å². The summed E-state index contributed by atoms with van der Waals surface area (Å²) in [4.78, 5) is 25.1. The minimum atomic E-state index is -1.95. The minimum absolute atomic E-state index is 0.0770. The Hall–Kier alpha value is -3.74. The topological polar surface area (TPSA) is 194 Å². The number of ketones is 1. The van der Waals surface area contributed by atoms with Crippen molar-refractivity contribution in [2.24, 2.45) is 0 Å². The molecule has 1 fully saturated rings. The molecule has 42 heavy (non-hydrogen) atoms. The minimum Gasteiger partial charge on any atom is -0.508 e. The van der Waals surface area contributed by atoms with Gasteiger partial charge in [-0.2, -0.15) is 0 Å². The lowest BCUT2D eigenvalue weighted by Gasteiger charge is -2.38. The second kappa shape index (κ2) is 14.0. The van der Waals surface area contributed by atoms with E-state index in [4.69, 9.17) is 9.47 Å². The average Bonchev–Trinajstić information content (AvgIpc) is 2.92. The average molecular weight is 587 g/mol. The third-order valence-electron chi connectivity index (χ3n) is 6.84. The molecular formula is C31H38O11. The number of rotatable bonds is 11. The van der Waals surface area contributed by atoms with Crippen molar-refractivity contribution in [1.29, 1.82) is 0 Å². The highest BCUT2D eigenvalue weighted by Gasteiger charge is 2.48. The number of allylic oxidation sites excluding steroid dienone is 4. The summed E-state index contributed by atoms with van der Waals surface area (Å²) < 4.78 is 10.8. The van der Waals surface area contributed by atoms with E-state index in [2.05, 4.69) is 0 Å². The van der Waals surface area contributed by atoms with Gasteiger partial charge in [0.05, 0.1) is 5.56 Å². The van der Waals surface area contributed by atoms with Crippen molar-refractivity contribution in [3.8, 4) is 17.2 Å². The lowest BCUT2D eigenvalue weighted by molar-refractivity contribution is -0.271. The maximum Gasteiger partial charge on any atom is 0.335 e. The van der Waals surface area contributed by atoms with Crippen LogP contribution in [0.3, 0.4) is 0 Å². The first-order valence-electron chi connectivity index (χ1n) is 13.4. The third kappa shape index (κ3) is 7.96. The van der Waals surface area contributed by atoms with Crippen molar-refractivity contribution in [1.82, 2.24) is 0 Å². The number of aliphatic hydroxyl groups excluding tert-OH is 4. The van der Waals surface area contributed by atoms with Crippen LogP contribution < -0.4 is 4.74 Å².